The molecule has 2 heteroatoms. The predicted octanol–water partition coefficient (Wildman–Crippen LogP) is 5.03. The van der Waals surface area contributed by atoms with Crippen LogP contribution in [0, 0.1) is 11.8 Å². The SMILES string of the molecule is COc1ccc(/C=C2/CCC(C3CCCCC3)CC2=O)cc1. The average molecular weight is 298 g/mol. The molecule has 1 unspecified atom stereocenters. The Morgan fingerprint density at radius 2 is 1.73 bits per heavy atom. The van der Waals surface area contributed by atoms with Crippen LogP contribution in [0.1, 0.15) is 56.9 Å². The van der Waals surface area contributed by atoms with Crippen molar-refractivity contribution in [3.8, 4) is 5.75 Å². The molecule has 22 heavy (non-hydrogen) atoms. The van der Waals surface area contributed by atoms with Gasteiger partial charge in [0.15, 0.2) is 5.78 Å². The maximum Gasteiger partial charge on any atom is 0.159 e. The van der Waals surface area contributed by atoms with Crippen molar-refractivity contribution in [1.29, 1.82) is 0 Å². The first-order valence-electron chi connectivity index (χ1n) is 8.64. The zero-order chi connectivity index (χ0) is 15.4. The highest BCUT2D eigenvalue weighted by Crippen LogP contribution is 2.38. The Labute approximate surface area is 133 Å². The van der Waals surface area contributed by atoms with Crippen LogP contribution in [-0.4, -0.2) is 12.9 Å². The van der Waals surface area contributed by atoms with E-state index in [1.54, 1.807) is 7.11 Å². The lowest BCUT2D eigenvalue weighted by Crippen LogP contribution is -2.25. The van der Waals surface area contributed by atoms with Crippen LogP contribution in [0.15, 0.2) is 29.8 Å². The number of methoxy groups -OCH3 is 1. The van der Waals surface area contributed by atoms with E-state index in [2.05, 4.69) is 6.08 Å². The van der Waals surface area contributed by atoms with Crippen LogP contribution in [-0.2, 0) is 4.79 Å². The number of benzene rings is 1. The molecule has 1 aromatic carbocycles. The van der Waals surface area contributed by atoms with Crippen LogP contribution in [0.25, 0.3) is 6.08 Å². The van der Waals surface area contributed by atoms with Crippen molar-refractivity contribution in [3.05, 3.63) is 35.4 Å². The molecule has 2 aliphatic rings. The largest absolute Gasteiger partial charge is 0.497 e. The molecule has 0 radical (unpaired) electrons. The van der Waals surface area contributed by atoms with Crippen molar-refractivity contribution in [2.45, 2.75) is 51.4 Å². The minimum atomic E-state index is 0.373. The van der Waals surface area contributed by atoms with Crippen LogP contribution in [0.4, 0.5) is 0 Å². The van der Waals surface area contributed by atoms with Gasteiger partial charge in [0.25, 0.3) is 0 Å². The van der Waals surface area contributed by atoms with Gasteiger partial charge in [0.1, 0.15) is 5.75 Å². The monoisotopic (exact) mass is 298 g/mol. The fourth-order valence-electron chi connectivity index (χ4n) is 4.01. The molecule has 0 amide bonds. The molecule has 2 saturated carbocycles. The van der Waals surface area contributed by atoms with Crippen molar-refractivity contribution >= 4 is 11.9 Å². The van der Waals surface area contributed by atoms with E-state index < -0.39 is 0 Å². The molecule has 2 fully saturated rings. The quantitative estimate of drug-likeness (QED) is 0.732. The maximum atomic E-state index is 12.5. The molecule has 0 aromatic heterocycles. The first-order chi connectivity index (χ1) is 10.8. The molecule has 3 rings (SSSR count). The minimum absolute atomic E-state index is 0.373. The number of ketones is 1. The van der Waals surface area contributed by atoms with E-state index in [9.17, 15) is 4.79 Å². The number of Topliss-reactive ketones (excluding diaryl/α,β-unsaturated/α-hetero) is 1. The Bertz CT molecular complexity index is 535. The number of allylic oxidation sites excluding steroid dienone is 1. The summed E-state index contributed by atoms with van der Waals surface area (Å²) in [6, 6.07) is 7.94. The molecular weight excluding hydrogens is 272 g/mol. The highest BCUT2D eigenvalue weighted by molar-refractivity contribution is 6.00. The van der Waals surface area contributed by atoms with Gasteiger partial charge in [0.2, 0.25) is 0 Å². The van der Waals surface area contributed by atoms with Crippen LogP contribution >= 0.6 is 0 Å². The molecule has 0 heterocycles. The molecule has 0 bridgehead atoms. The van der Waals surface area contributed by atoms with E-state index in [1.807, 2.05) is 24.3 Å². The summed E-state index contributed by atoms with van der Waals surface area (Å²) in [5.74, 6) is 2.67. The van der Waals surface area contributed by atoms with Crippen LogP contribution in [0.2, 0.25) is 0 Å². The molecule has 0 saturated heterocycles. The van der Waals surface area contributed by atoms with Gasteiger partial charge in [-0.25, -0.2) is 0 Å². The summed E-state index contributed by atoms with van der Waals surface area (Å²) in [5.41, 5.74) is 2.11. The lowest BCUT2D eigenvalue weighted by Gasteiger charge is -2.33. The molecule has 0 aliphatic heterocycles. The number of hydrogen-bond donors (Lipinski definition) is 0. The van der Waals surface area contributed by atoms with Crippen molar-refractivity contribution in [2.24, 2.45) is 11.8 Å². The summed E-state index contributed by atoms with van der Waals surface area (Å²) >= 11 is 0. The first kappa shape index (κ1) is 15.3. The van der Waals surface area contributed by atoms with Gasteiger partial charge in [-0.05, 0) is 54.0 Å². The Hall–Kier alpha value is -1.57. The summed E-state index contributed by atoms with van der Waals surface area (Å²) in [5, 5.41) is 0. The highest BCUT2D eigenvalue weighted by atomic mass is 16.5. The van der Waals surface area contributed by atoms with Gasteiger partial charge in [-0.3, -0.25) is 4.79 Å². The first-order valence-corrected chi connectivity index (χ1v) is 8.64. The smallest absolute Gasteiger partial charge is 0.159 e. The summed E-state index contributed by atoms with van der Waals surface area (Å²) in [7, 11) is 1.67. The molecule has 118 valence electrons. The van der Waals surface area contributed by atoms with Gasteiger partial charge in [0, 0.05) is 6.42 Å². The molecule has 2 aliphatic carbocycles. The summed E-state index contributed by atoms with van der Waals surface area (Å²) in [4.78, 5) is 12.5. The second-order valence-electron chi connectivity index (χ2n) is 6.77. The molecule has 0 spiro atoms. The zero-order valence-corrected chi connectivity index (χ0v) is 13.5. The third kappa shape index (κ3) is 3.60. The topological polar surface area (TPSA) is 26.3 Å². The second-order valence-corrected chi connectivity index (χ2v) is 6.77. The molecular formula is C20H26O2. The van der Waals surface area contributed by atoms with E-state index in [-0.39, 0.29) is 0 Å². The van der Waals surface area contributed by atoms with E-state index in [0.717, 1.165) is 35.6 Å². The summed E-state index contributed by atoms with van der Waals surface area (Å²) in [6.07, 6.45) is 11.8. The third-order valence-electron chi connectivity index (χ3n) is 5.36. The molecule has 1 aromatic rings. The summed E-state index contributed by atoms with van der Waals surface area (Å²) in [6.45, 7) is 0. The van der Waals surface area contributed by atoms with Crippen molar-refractivity contribution in [2.75, 3.05) is 7.11 Å². The Morgan fingerprint density at radius 1 is 1.00 bits per heavy atom. The minimum Gasteiger partial charge on any atom is -0.497 e. The van der Waals surface area contributed by atoms with Crippen molar-refractivity contribution < 1.29 is 9.53 Å². The van der Waals surface area contributed by atoms with Gasteiger partial charge in [-0.2, -0.15) is 0 Å². The van der Waals surface area contributed by atoms with Gasteiger partial charge >= 0.3 is 0 Å². The standard InChI is InChI=1S/C20H26O2/c1-22-19-11-7-15(8-12-19)13-18-10-9-17(14-20(18)21)16-5-3-2-4-6-16/h7-8,11-13,16-17H,2-6,9-10,14H2,1H3/b18-13-. The van der Waals surface area contributed by atoms with Crippen LogP contribution in [0.5, 0.6) is 5.75 Å². The lowest BCUT2D eigenvalue weighted by molar-refractivity contribution is -0.118. The Balaban J connectivity index is 1.64. The van der Waals surface area contributed by atoms with Gasteiger partial charge in [-0.1, -0.05) is 44.2 Å². The number of ether oxygens (including phenoxy) is 1. The molecule has 1 atom stereocenters. The average Bonchev–Trinajstić information content (AvgIpc) is 2.58. The Morgan fingerprint density at radius 3 is 2.36 bits per heavy atom. The normalized spacial score (nSPS) is 25.4. The Kier molecular flexibility index (Phi) is 4.97. The second kappa shape index (κ2) is 7.13. The molecule has 0 N–H and O–H groups in total. The number of hydrogen-bond acceptors (Lipinski definition) is 2. The van der Waals surface area contributed by atoms with Crippen LogP contribution in [0.3, 0.4) is 0 Å². The number of rotatable bonds is 3. The van der Waals surface area contributed by atoms with E-state index in [1.165, 1.54) is 38.5 Å². The number of carbonyl (C=O) groups excluding carboxylic acids is 1. The van der Waals surface area contributed by atoms with E-state index >= 15 is 0 Å². The van der Waals surface area contributed by atoms with Crippen molar-refractivity contribution in [1.82, 2.24) is 0 Å². The van der Waals surface area contributed by atoms with Gasteiger partial charge in [0.05, 0.1) is 7.11 Å². The predicted molar refractivity (Wildman–Crippen MR) is 89.9 cm³/mol. The van der Waals surface area contributed by atoms with E-state index in [0.29, 0.717) is 11.7 Å². The lowest BCUT2D eigenvalue weighted by atomic mass is 9.72. The third-order valence-corrected chi connectivity index (χ3v) is 5.36. The zero-order valence-electron chi connectivity index (χ0n) is 13.5. The van der Waals surface area contributed by atoms with Crippen LogP contribution < -0.4 is 4.74 Å². The van der Waals surface area contributed by atoms with Crippen molar-refractivity contribution in [3.63, 3.8) is 0 Å². The van der Waals surface area contributed by atoms with Gasteiger partial charge in [-0.15, -0.1) is 0 Å². The summed E-state index contributed by atoms with van der Waals surface area (Å²) < 4.78 is 5.17. The molecule has 2 nitrogen and oxygen atoms in total. The number of carbonyl (C=O) groups is 1. The fraction of sp³-hybridized carbons (Fsp3) is 0.550. The van der Waals surface area contributed by atoms with E-state index in [4.69, 9.17) is 4.74 Å². The fourth-order valence-corrected chi connectivity index (χ4v) is 4.01. The maximum absolute atomic E-state index is 12.5. The highest BCUT2D eigenvalue weighted by Gasteiger charge is 2.30. The van der Waals surface area contributed by atoms with Gasteiger partial charge < -0.3 is 4.74 Å².